The van der Waals surface area contributed by atoms with E-state index in [1.165, 1.54) is 54.1 Å². The van der Waals surface area contributed by atoms with E-state index in [0.29, 0.717) is 11.8 Å². The molecule has 0 spiro atoms. The first-order chi connectivity index (χ1) is 13.3. The maximum absolute atomic E-state index is 14.0. The van der Waals surface area contributed by atoms with Crippen molar-refractivity contribution in [3.8, 4) is 5.69 Å². The molecule has 28 heavy (non-hydrogen) atoms. The summed E-state index contributed by atoms with van der Waals surface area (Å²) in [6, 6.07) is 6.71. The van der Waals surface area contributed by atoms with Crippen LogP contribution in [0.3, 0.4) is 0 Å². The molecule has 3 aromatic rings. The van der Waals surface area contributed by atoms with Gasteiger partial charge in [0, 0.05) is 18.3 Å². The van der Waals surface area contributed by atoms with Crippen molar-refractivity contribution in [2.45, 2.75) is 6.54 Å². The molecule has 0 N–H and O–H groups in total. The molecule has 0 bridgehead atoms. The van der Waals surface area contributed by atoms with Crippen LogP contribution >= 0.6 is 0 Å². The Labute approximate surface area is 157 Å². The zero-order valence-corrected chi connectivity index (χ0v) is 14.9. The van der Waals surface area contributed by atoms with Crippen LogP contribution in [0.4, 0.5) is 23.5 Å². The van der Waals surface area contributed by atoms with Gasteiger partial charge < -0.3 is 9.64 Å². The Hall–Kier alpha value is -3.36. The second-order valence-electron chi connectivity index (χ2n) is 5.92. The summed E-state index contributed by atoms with van der Waals surface area (Å²) in [5, 5.41) is 0. The molecular formula is C19H15F4N3O2. The van der Waals surface area contributed by atoms with Gasteiger partial charge in [-0.05, 0) is 36.4 Å². The van der Waals surface area contributed by atoms with Gasteiger partial charge in [0.2, 0.25) is 5.95 Å². The molecule has 0 aliphatic heterocycles. The molecular weight excluding hydrogens is 378 g/mol. The van der Waals surface area contributed by atoms with Crippen LogP contribution in [-0.2, 0) is 11.3 Å². The summed E-state index contributed by atoms with van der Waals surface area (Å²) in [7, 11) is 2.65. The zero-order chi connectivity index (χ0) is 20.4. The molecule has 146 valence electrons. The zero-order valence-electron chi connectivity index (χ0n) is 14.9. The van der Waals surface area contributed by atoms with Crippen molar-refractivity contribution in [3.63, 3.8) is 0 Å². The number of methoxy groups -OCH3 is 1. The number of aromatic nitrogens is 2. The minimum absolute atomic E-state index is 0.0242. The van der Waals surface area contributed by atoms with E-state index in [1.807, 2.05) is 0 Å². The third-order valence-corrected chi connectivity index (χ3v) is 4.10. The summed E-state index contributed by atoms with van der Waals surface area (Å²) in [4.78, 5) is 17.5. The van der Waals surface area contributed by atoms with Crippen molar-refractivity contribution in [1.29, 1.82) is 0 Å². The molecule has 0 atom stereocenters. The van der Waals surface area contributed by atoms with Gasteiger partial charge in [-0.15, -0.1) is 0 Å². The first kappa shape index (κ1) is 19.4. The van der Waals surface area contributed by atoms with E-state index < -0.39 is 34.8 Å². The number of imidazole rings is 1. The molecule has 9 heteroatoms. The molecule has 0 aliphatic rings. The number of nitrogens with zero attached hydrogens (tertiary/aromatic N) is 3. The van der Waals surface area contributed by atoms with E-state index in [-0.39, 0.29) is 18.2 Å². The molecule has 0 radical (unpaired) electrons. The highest BCUT2D eigenvalue weighted by Crippen LogP contribution is 2.25. The highest BCUT2D eigenvalue weighted by molar-refractivity contribution is 5.89. The molecule has 3 rings (SSSR count). The van der Waals surface area contributed by atoms with E-state index in [0.717, 1.165) is 6.07 Å². The van der Waals surface area contributed by atoms with Crippen molar-refractivity contribution < 1.29 is 27.1 Å². The smallest absolute Gasteiger partial charge is 0.356 e. The Morgan fingerprint density at radius 2 is 1.71 bits per heavy atom. The second kappa shape index (κ2) is 7.71. The number of hydrogen-bond donors (Lipinski definition) is 0. The monoisotopic (exact) mass is 393 g/mol. The number of rotatable bonds is 5. The fraction of sp³-hybridized carbons (Fsp3) is 0.158. The number of benzene rings is 2. The standard InChI is InChI=1S/C19H15F4N3O2/c1-25(10-13-14(21)7-8-15(22)17(13)23)19-24-9-16(18(27)28-2)26(19)12-5-3-11(20)4-6-12/h3-9H,10H2,1-2H3. The van der Waals surface area contributed by atoms with Crippen molar-refractivity contribution in [2.24, 2.45) is 0 Å². The summed E-state index contributed by atoms with van der Waals surface area (Å²) in [5.74, 6) is -4.47. The van der Waals surface area contributed by atoms with E-state index in [2.05, 4.69) is 4.98 Å². The quantitative estimate of drug-likeness (QED) is 0.375. The molecule has 0 unspecified atom stereocenters. The molecule has 1 heterocycles. The third-order valence-electron chi connectivity index (χ3n) is 4.10. The minimum Gasteiger partial charge on any atom is -0.464 e. The molecule has 0 fully saturated rings. The van der Waals surface area contributed by atoms with Crippen LogP contribution < -0.4 is 4.90 Å². The second-order valence-corrected chi connectivity index (χ2v) is 5.92. The number of carbonyl (C=O) groups is 1. The van der Waals surface area contributed by atoms with Crippen LogP contribution in [0.5, 0.6) is 0 Å². The van der Waals surface area contributed by atoms with E-state index in [4.69, 9.17) is 4.74 Å². The highest BCUT2D eigenvalue weighted by atomic mass is 19.2. The van der Waals surface area contributed by atoms with Gasteiger partial charge in [0.1, 0.15) is 11.6 Å². The Balaban J connectivity index is 2.07. The van der Waals surface area contributed by atoms with Gasteiger partial charge in [0.25, 0.3) is 0 Å². The number of ether oxygens (including phenoxy) is 1. The first-order valence-electron chi connectivity index (χ1n) is 8.09. The normalized spacial score (nSPS) is 10.8. The van der Waals surface area contributed by atoms with Crippen LogP contribution in [0.25, 0.3) is 5.69 Å². The van der Waals surface area contributed by atoms with Crippen LogP contribution in [0.2, 0.25) is 0 Å². The Kier molecular flexibility index (Phi) is 5.34. The van der Waals surface area contributed by atoms with E-state index in [1.54, 1.807) is 0 Å². The summed E-state index contributed by atoms with van der Waals surface area (Å²) in [6.07, 6.45) is 1.22. The van der Waals surface area contributed by atoms with Crippen molar-refractivity contribution in [1.82, 2.24) is 9.55 Å². The van der Waals surface area contributed by atoms with E-state index in [9.17, 15) is 22.4 Å². The lowest BCUT2D eigenvalue weighted by atomic mass is 10.2. The maximum atomic E-state index is 14.0. The van der Waals surface area contributed by atoms with Crippen molar-refractivity contribution in [2.75, 3.05) is 19.1 Å². The van der Waals surface area contributed by atoms with Gasteiger partial charge in [0.15, 0.2) is 17.3 Å². The summed E-state index contributed by atoms with van der Waals surface area (Å²) in [6.45, 7) is -0.367. The van der Waals surface area contributed by atoms with Gasteiger partial charge in [-0.2, -0.15) is 0 Å². The van der Waals surface area contributed by atoms with Gasteiger partial charge >= 0.3 is 5.97 Å². The summed E-state index contributed by atoms with van der Waals surface area (Å²) >= 11 is 0. The molecule has 0 amide bonds. The lowest BCUT2D eigenvalue weighted by molar-refractivity contribution is 0.0591. The first-order valence-corrected chi connectivity index (χ1v) is 8.09. The van der Waals surface area contributed by atoms with Crippen molar-refractivity contribution in [3.05, 3.63) is 77.1 Å². The van der Waals surface area contributed by atoms with E-state index >= 15 is 0 Å². The number of carbonyl (C=O) groups excluding carboxylic acids is 1. The largest absolute Gasteiger partial charge is 0.464 e. The Morgan fingerprint density at radius 3 is 2.36 bits per heavy atom. The SMILES string of the molecule is COC(=O)c1cnc(N(C)Cc2c(F)ccc(F)c2F)n1-c1ccc(F)cc1. The maximum Gasteiger partial charge on any atom is 0.356 e. The molecule has 1 aromatic heterocycles. The number of anilines is 1. The lowest BCUT2D eigenvalue weighted by Gasteiger charge is -2.21. The fourth-order valence-electron chi connectivity index (χ4n) is 2.73. The number of halogens is 4. The van der Waals surface area contributed by atoms with Crippen molar-refractivity contribution >= 4 is 11.9 Å². The lowest BCUT2D eigenvalue weighted by Crippen LogP contribution is -2.23. The number of hydrogen-bond acceptors (Lipinski definition) is 4. The molecule has 0 saturated heterocycles. The van der Waals surface area contributed by atoms with Crippen LogP contribution in [0.1, 0.15) is 16.1 Å². The Bertz CT molecular complexity index is 1020. The van der Waals surface area contributed by atoms with Gasteiger partial charge in [-0.1, -0.05) is 0 Å². The predicted molar refractivity (Wildman–Crippen MR) is 93.3 cm³/mol. The van der Waals surface area contributed by atoms with Gasteiger partial charge in [0.05, 0.1) is 19.9 Å². The fourth-order valence-corrected chi connectivity index (χ4v) is 2.73. The average molecular weight is 393 g/mol. The minimum atomic E-state index is -1.31. The summed E-state index contributed by atoms with van der Waals surface area (Å²) in [5.41, 5.74) is -0.0896. The summed E-state index contributed by atoms with van der Waals surface area (Å²) < 4.78 is 60.8. The number of esters is 1. The average Bonchev–Trinajstić information content (AvgIpc) is 3.13. The highest BCUT2D eigenvalue weighted by Gasteiger charge is 2.23. The van der Waals surface area contributed by atoms with Crippen LogP contribution in [-0.4, -0.2) is 29.7 Å². The van der Waals surface area contributed by atoms with Crippen LogP contribution in [0, 0.1) is 23.3 Å². The van der Waals surface area contributed by atoms with Gasteiger partial charge in [-0.25, -0.2) is 27.3 Å². The molecule has 0 saturated carbocycles. The molecule has 5 nitrogen and oxygen atoms in total. The van der Waals surface area contributed by atoms with Crippen LogP contribution in [0.15, 0.2) is 42.6 Å². The Morgan fingerprint density at radius 1 is 1.07 bits per heavy atom. The molecule has 2 aromatic carbocycles. The predicted octanol–water partition coefficient (Wildman–Crippen LogP) is 3.85. The van der Waals surface area contributed by atoms with Gasteiger partial charge in [-0.3, -0.25) is 4.57 Å². The third kappa shape index (κ3) is 3.55. The molecule has 0 aliphatic carbocycles. The topological polar surface area (TPSA) is 47.4 Å².